The second-order valence-corrected chi connectivity index (χ2v) is 9.06. The molecule has 0 atom stereocenters. The standard InChI is InChI=1S/C27H23ClS/c1-20-8-12-23(13-9-20)27(22-6-4-3-5-7-22,24-14-10-21(2)11-15-24)29-26-18-16-25(28)17-19-26/h3-19H,1-2H3. The van der Waals surface area contributed by atoms with Crippen LogP contribution in [0.1, 0.15) is 27.8 Å². The van der Waals surface area contributed by atoms with Crippen molar-refractivity contribution < 1.29 is 0 Å². The van der Waals surface area contributed by atoms with E-state index in [1.54, 1.807) is 0 Å². The first-order valence-electron chi connectivity index (χ1n) is 9.72. The number of rotatable bonds is 5. The Morgan fingerprint density at radius 3 is 1.48 bits per heavy atom. The molecule has 0 aliphatic rings. The summed E-state index contributed by atoms with van der Waals surface area (Å²) in [4.78, 5) is 1.18. The molecule has 0 aliphatic heterocycles. The van der Waals surface area contributed by atoms with Crippen LogP contribution in [0.25, 0.3) is 0 Å². The van der Waals surface area contributed by atoms with Crippen LogP contribution >= 0.6 is 23.4 Å². The minimum Gasteiger partial charge on any atom is -0.105 e. The Hall–Kier alpha value is -2.48. The van der Waals surface area contributed by atoms with E-state index in [-0.39, 0.29) is 4.75 Å². The Morgan fingerprint density at radius 2 is 1.00 bits per heavy atom. The molecule has 0 nitrogen and oxygen atoms in total. The lowest BCUT2D eigenvalue weighted by atomic mass is 9.83. The van der Waals surface area contributed by atoms with Crippen molar-refractivity contribution in [2.75, 3.05) is 0 Å². The van der Waals surface area contributed by atoms with Gasteiger partial charge in [0.1, 0.15) is 0 Å². The highest BCUT2D eigenvalue weighted by molar-refractivity contribution is 8.00. The molecule has 144 valence electrons. The number of benzene rings is 4. The molecule has 0 aliphatic carbocycles. The van der Waals surface area contributed by atoms with Crippen LogP contribution in [0.15, 0.2) is 108 Å². The number of hydrogen-bond acceptors (Lipinski definition) is 1. The Kier molecular flexibility index (Phi) is 5.80. The van der Waals surface area contributed by atoms with Crippen LogP contribution in [0.5, 0.6) is 0 Å². The van der Waals surface area contributed by atoms with Crippen LogP contribution < -0.4 is 0 Å². The molecule has 0 spiro atoms. The fourth-order valence-corrected chi connectivity index (χ4v) is 5.12. The van der Waals surface area contributed by atoms with E-state index in [1.807, 2.05) is 23.9 Å². The van der Waals surface area contributed by atoms with Gasteiger partial charge >= 0.3 is 0 Å². The van der Waals surface area contributed by atoms with Gasteiger partial charge in [-0.3, -0.25) is 0 Å². The summed E-state index contributed by atoms with van der Waals surface area (Å²) < 4.78 is -0.365. The van der Waals surface area contributed by atoms with E-state index in [9.17, 15) is 0 Å². The van der Waals surface area contributed by atoms with Gasteiger partial charge in [0.15, 0.2) is 0 Å². The smallest absolute Gasteiger partial charge is 0.0954 e. The molecule has 4 aromatic carbocycles. The minimum atomic E-state index is -0.365. The van der Waals surface area contributed by atoms with Crippen molar-refractivity contribution >= 4 is 23.4 Å². The molecule has 0 amide bonds. The average Bonchev–Trinajstić information content (AvgIpc) is 2.75. The van der Waals surface area contributed by atoms with Crippen molar-refractivity contribution in [3.8, 4) is 0 Å². The van der Waals surface area contributed by atoms with Gasteiger partial charge in [-0.15, -0.1) is 11.8 Å². The maximum Gasteiger partial charge on any atom is 0.0954 e. The lowest BCUT2D eigenvalue weighted by molar-refractivity contribution is 0.892. The van der Waals surface area contributed by atoms with Gasteiger partial charge in [0.05, 0.1) is 4.75 Å². The van der Waals surface area contributed by atoms with E-state index < -0.39 is 0 Å². The molecule has 0 unspecified atom stereocenters. The molecule has 4 rings (SSSR count). The van der Waals surface area contributed by atoms with E-state index in [0.717, 1.165) is 5.02 Å². The third-order valence-electron chi connectivity index (χ3n) is 5.18. The molecule has 2 heteroatoms. The van der Waals surface area contributed by atoms with E-state index in [0.29, 0.717) is 0 Å². The van der Waals surface area contributed by atoms with Gasteiger partial charge in [0.2, 0.25) is 0 Å². The van der Waals surface area contributed by atoms with Gasteiger partial charge in [-0.2, -0.15) is 0 Å². The molecular formula is C27H23ClS. The lowest BCUT2D eigenvalue weighted by Crippen LogP contribution is -2.25. The monoisotopic (exact) mass is 414 g/mol. The van der Waals surface area contributed by atoms with Gasteiger partial charge in [-0.25, -0.2) is 0 Å². The van der Waals surface area contributed by atoms with Gasteiger partial charge in [-0.05, 0) is 54.8 Å². The van der Waals surface area contributed by atoms with Crippen LogP contribution in [-0.4, -0.2) is 0 Å². The van der Waals surface area contributed by atoms with Crippen LogP contribution in [0.2, 0.25) is 5.02 Å². The molecule has 4 aromatic rings. The van der Waals surface area contributed by atoms with Crippen molar-refractivity contribution in [3.63, 3.8) is 0 Å². The fourth-order valence-electron chi connectivity index (χ4n) is 3.61. The van der Waals surface area contributed by atoms with Crippen LogP contribution in [0.3, 0.4) is 0 Å². The maximum absolute atomic E-state index is 6.16. The summed E-state index contributed by atoms with van der Waals surface area (Å²) in [5, 5.41) is 0.755. The first-order valence-corrected chi connectivity index (χ1v) is 10.9. The van der Waals surface area contributed by atoms with E-state index in [4.69, 9.17) is 11.6 Å². The molecule has 0 saturated carbocycles. The first kappa shape index (κ1) is 19.8. The van der Waals surface area contributed by atoms with Crippen LogP contribution in [-0.2, 0) is 4.75 Å². The van der Waals surface area contributed by atoms with Crippen LogP contribution in [0.4, 0.5) is 0 Å². The summed E-state index contributed by atoms with van der Waals surface area (Å²) in [6.07, 6.45) is 0. The first-order chi connectivity index (χ1) is 14.1. The zero-order chi connectivity index (χ0) is 20.3. The number of hydrogen-bond donors (Lipinski definition) is 0. The highest BCUT2D eigenvalue weighted by Gasteiger charge is 2.37. The minimum absolute atomic E-state index is 0.365. The maximum atomic E-state index is 6.16. The zero-order valence-electron chi connectivity index (χ0n) is 16.6. The average molecular weight is 415 g/mol. The molecule has 29 heavy (non-hydrogen) atoms. The summed E-state index contributed by atoms with van der Waals surface area (Å²) in [7, 11) is 0. The van der Waals surface area contributed by atoms with E-state index in [2.05, 4.69) is 105 Å². The molecular weight excluding hydrogens is 392 g/mol. The summed E-state index contributed by atoms with van der Waals surface area (Å²) in [5.41, 5.74) is 6.30. The number of halogens is 1. The van der Waals surface area contributed by atoms with E-state index >= 15 is 0 Å². The molecule has 0 bridgehead atoms. The lowest BCUT2D eigenvalue weighted by Gasteiger charge is -2.35. The van der Waals surface area contributed by atoms with E-state index in [1.165, 1.54) is 32.7 Å². The molecule has 0 heterocycles. The molecule has 0 N–H and O–H groups in total. The van der Waals surface area contributed by atoms with Crippen molar-refractivity contribution in [1.82, 2.24) is 0 Å². The van der Waals surface area contributed by atoms with Crippen LogP contribution in [0, 0.1) is 13.8 Å². The summed E-state index contributed by atoms with van der Waals surface area (Å²) >= 11 is 8.02. The molecule has 0 aromatic heterocycles. The largest absolute Gasteiger partial charge is 0.105 e. The number of aryl methyl sites for hydroxylation is 2. The second-order valence-electron chi connectivity index (χ2n) is 7.34. The zero-order valence-corrected chi connectivity index (χ0v) is 18.2. The predicted octanol–water partition coefficient (Wildman–Crippen LogP) is 8.04. The molecule has 0 radical (unpaired) electrons. The fraction of sp³-hybridized carbons (Fsp3) is 0.111. The van der Waals surface area contributed by atoms with Crippen molar-refractivity contribution in [1.29, 1.82) is 0 Å². The Balaban J connectivity index is 1.99. The van der Waals surface area contributed by atoms with Gasteiger partial charge < -0.3 is 0 Å². The molecule has 0 saturated heterocycles. The van der Waals surface area contributed by atoms with Crippen molar-refractivity contribution in [3.05, 3.63) is 136 Å². The van der Waals surface area contributed by atoms with Gasteiger partial charge in [0.25, 0.3) is 0 Å². The van der Waals surface area contributed by atoms with Crippen molar-refractivity contribution in [2.24, 2.45) is 0 Å². The highest BCUT2D eigenvalue weighted by atomic mass is 35.5. The van der Waals surface area contributed by atoms with Gasteiger partial charge in [0, 0.05) is 9.92 Å². The highest BCUT2D eigenvalue weighted by Crippen LogP contribution is 2.51. The SMILES string of the molecule is Cc1ccc(C(Sc2ccc(Cl)cc2)(c2ccccc2)c2ccc(C)cc2)cc1. The summed E-state index contributed by atoms with van der Waals surface area (Å²) in [6.45, 7) is 4.26. The Morgan fingerprint density at radius 1 is 0.552 bits per heavy atom. The normalized spacial score (nSPS) is 11.4. The topological polar surface area (TPSA) is 0 Å². The summed E-state index contributed by atoms with van der Waals surface area (Å²) in [5.74, 6) is 0. The predicted molar refractivity (Wildman–Crippen MR) is 126 cm³/mol. The van der Waals surface area contributed by atoms with Crippen molar-refractivity contribution in [2.45, 2.75) is 23.5 Å². The third kappa shape index (κ3) is 4.12. The van der Waals surface area contributed by atoms with Gasteiger partial charge in [-0.1, -0.05) is 102 Å². The molecule has 0 fully saturated rings. The third-order valence-corrected chi connectivity index (χ3v) is 6.95. The Labute approximate surface area is 182 Å². The number of thioether (sulfide) groups is 1. The second kappa shape index (κ2) is 8.49. The quantitative estimate of drug-likeness (QED) is 0.235. The Bertz CT molecular complexity index is 1020. The summed E-state index contributed by atoms with van der Waals surface area (Å²) in [6, 6.07) is 36.7.